The summed E-state index contributed by atoms with van der Waals surface area (Å²) in [7, 11) is 0. The van der Waals surface area contributed by atoms with Crippen molar-refractivity contribution in [3.05, 3.63) is 5.82 Å². The summed E-state index contributed by atoms with van der Waals surface area (Å²) in [5.41, 5.74) is 5.59. The minimum absolute atomic E-state index is 0. The van der Waals surface area contributed by atoms with Gasteiger partial charge in [0, 0.05) is 37.7 Å². The molecular formula is C10H18ClN5OS. The van der Waals surface area contributed by atoms with Gasteiger partial charge < -0.3 is 15.5 Å². The molecule has 2 heterocycles. The minimum Gasteiger partial charge on any atom is -0.343 e. The van der Waals surface area contributed by atoms with E-state index in [1.165, 1.54) is 11.5 Å². The van der Waals surface area contributed by atoms with Gasteiger partial charge >= 0.3 is 0 Å². The summed E-state index contributed by atoms with van der Waals surface area (Å²) >= 11 is 1.41. The Morgan fingerprint density at radius 2 is 2.00 bits per heavy atom. The molecule has 0 aliphatic carbocycles. The van der Waals surface area contributed by atoms with E-state index in [0.29, 0.717) is 13.1 Å². The minimum atomic E-state index is -0.412. The van der Waals surface area contributed by atoms with Gasteiger partial charge in [0.2, 0.25) is 11.0 Å². The largest absolute Gasteiger partial charge is 0.343 e. The molecule has 8 heteroatoms. The molecule has 1 aromatic heterocycles. The lowest BCUT2D eigenvalue weighted by Crippen LogP contribution is -2.52. The van der Waals surface area contributed by atoms with E-state index < -0.39 is 6.04 Å². The molecule has 1 fully saturated rings. The molecule has 1 aromatic rings. The molecule has 1 amide bonds. The monoisotopic (exact) mass is 291 g/mol. The van der Waals surface area contributed by atoms with Crippen molar-refractivity contribution in [1.29, 1.82) is 0 Å². The number of anilines is 1. The molecule has 18 heavy (non-hydrogen) atoms. The predicted molar refractivity (Wildman–Crippen MR) is 74.3 cm³/mol. The van der Waals surface area contributed by atoms with Crippen LogP contribution in [0.3, 0.4) is 0 Å². The Hall–Kier alpha value is -0.920. The average Bonchev–Trinajstić information content (AvgIpc) is 2.75. The van der Waals surface area contributed by atoms with Crippen LogP contribution in [0.25, 0.3) is 0 Å². The van der Waals surface area contributed by atoms with E-state index >= 15 is 0 Å². The molecule has 6 nitrogen and oxygen atoms in total. The Labute approximate surface area is 117 Å². The van der Waals surface area contributed by atoms with Crippen LogP contribution in [0.4, 0.5) is 5.13 Å². The van der Waals surface area contributed by atoms with Crippen molar-refractivity contribution in [2.45, 2.75) is 19.9 Å². The van der Waals surface area contributed by atoms with Gasteiger partial charge in [0.05, 0.1) is 6.04 Å². The topological polar surface area (TPSA) is 75.4 Å². The summed E-state index contributed by atoms with van der Waals surface area (Å²) in [6.07, 6.45) is 0. The lowest BCUT2D eigenvalue weighted by Gasteiger charge is -2.35. The SMILES string of the molecule is Cc1nsc(N2CCN(C(=O)C(C)N)CC2)n1.Cl. The van der Waals surface area contributed by atoms with Gasteiger partial charge in [0.25, 0.3) is 0 Å². The number of nitrogens with zero attached hydrogens (tertiary/aromatic N) is 4. The van der Waals surface area contributed by atoms with Gasteiger partial charge in [-0.05, 0) is 13.8 Å². The van der Waals surface area contributed by atoms with E-state index in [2.05, 4.69) is 14.3 Å². The van der Waals surface area contributed by atoms with Crippen LogP contribution in [0.5, 0.6) is 0 Å². The molecule has 1 aliphatic heterocycles. The predicted octanol–water partition coefficient (Wildman–Crippen LogP) is 0.264. The summed E-state index contributed by atoms with van der Waals surface area (Å²) in [4.78, 5) is 20.0. The van der Waals surface area contributed by atoms with Gasteiger partial charge in [0.1, 0.15) is 5.82 Å². The molecule has 1 aliphatic rings. The van der Waals surface area contributed by atoms with Crippen LogP contribution in [-0.2, 0) is 4.79 Å². The van der Waals surface area contributed by atoms with E-state index in [1.807, 2.05) is 11.8 Å². The van der Waals surface area contributed by atoms with Crippen LogP contribution < -0.4 is 10.6 Å². The molecule has 1 saturated heterocycles. The number of aromatic nitrogens is 2. The first-order valence-corrected chi connectivity index (χ1v) is 6.45. The van der Waals surface area contributed by atoms with Crippen molar-refractivity contribution in [3.8, 4) is 0 Å². The Bertz CT molecular complexity index is 403. The van der Waals surface area contributed by atoms with Gasteiger partial charge in [-0.15, -0.1) is 12.4 Å². The molecule has 0 bridgehead atoms. The third-order valence-electron chi connectivity index (χ3n) is 2.77. The maximum Gasteiger partial charge on any atom is 0.239 e. The molecule has 1 atom stereocenters. The van der Waals surface area contributed by atoms with E-state index in [0.717, 1.165) is 24.0 Å². The van der Waals surface area contributed by atoms with Crippen molar-refractivity contribution in [3.63, 3.8) is 0 Å². The number of hydrogen-bond acceptors (Lipinski definition) is 6. The summed E-state index contributed by atoms with van der Waals surface area (Å²) in [6.45, 7) is 6.62. The highest BCUT2D eigenvalue weighted by Crippen LogP contribution is 2.18. The Morgan fingerprint density at radius 3 is 2.44 bits per heavy atom. The molecular weight excluding hydrogens is 274 g/mol. The summed E-state index contributed by atoms with van der Waals surface area (Å²) in [5.74, 6) is 0.831. The fraction of sp³-hybridized carbons (Fsp3) is 0.700. The number of carbonyl (C=O) groups excluding carboxylic acids is 1. The molecule has 0 radical (unpaired) electrons. The van der Waals surface area contributed by atoms with Crippen molar-refractivity contribution in [1.82, 2.24) is 14.3 Å². The molecule has 102 valence electrons. The number of nitrogens with two attached hydrogens (primary N) is 1. The zero-order chi connectivity index (χ0) is 12.4. The average molecular weight is 292 g/mol. The maximum atomic E-state index is 11.7. The number of piperazine rings is 1. The number of rotatable bonds is 2. The van der Waals surface area contributed by atoms with Crippen LogP contribution in [0.15, 0.2) is 0 Å². The Morgan fingerprint density at radius 1 is 1.39 bits per heavy atom. The second-order valence-corrected chi connectivity index (χ2v) is 4.96. The number of aryl methyl sites for hydroxylation is 1. The zero-order valence-electron chi connectivity index (χ0n) is 10.5. The highest BCUT2D eigenvalue weighted by molar-refractivity contribution is 7.09. The number of hydrogen-bond donors (Lipinski definition) is 1. The standard InChI is InChI=1S/C10H17N5OS.ClH/c1-7(11)9(16)14-3-5-15(6-4-14)10-12-8(2)13-17-10;/h7H,3-6,11H2,1-2H3;1H. The highest BCUT2D eigenvalue weighted by Gasteiger charge is 2.24. The quantitative estimate of drug-likeness (QED) is 0.846. The maximum absolute atomic E-state index is 11.7. The Balaban J connectivity index is 0.00000162. The lowest BCUT2D eigenvalue weighted by atomic mass is 10.2. The third kappa shape index (κ3) is 3.30. The van der Waals surface area contributed by atoms with Gasteiger partial charge in [-0.1, -0.05) is 0 Å². The summed E-state index contributed by atoms with van der Waals surface area (Å²) in [6, 6.07) is -0.412. The van der Waals surface area contributed by atoms with Crippen molar-refractivity contribution < 1.29 is 4.79 Å². The number of halogens is 1. The third-order valence-corrected chi connectivity index (χ3v) is 3.64. The Kier molecular flexibility index (Phi) is 5.30. The summed E-state index contributed by atoms with van der Waals surface area (Å²) < 4.78 is 4.16. The molecule has 2 N–H and O–H groups in total. The fourth-order valence-electron chi connectivity index (χ4n) is 1.82. The second kappa shape index (κ2) is 6.31. The van der Waals surface area contributed by atoms with Crippen LogP contribution in [-0.4, -0.2) is 52.4 Å². The number of carbonyl (C=O) groups is 1. The molecule has 2 rings (SSSR count). The summed E-state index contributed by atoms with van der Waals surface area (Å²) in [5, 5.41) is 0.940. The smallest absolute Gasteiger partial charge is 0.239 e. The molecule has 1 unspecified atom stereocenters. The van der Waals surface area contributed by atoms with Gasteiger partial charge in [0.15, 0.2) is 0 Å². The van der Waals surface area contributed by atoms with Crippen LogP contribution in [0.2, 0.25) is 0 Å². The molecule has 0 saturated carbocycles. The molecule has 0 aromatic carbocycles. The first-order valence-electron chi connectivity index (χ1n) is 5.67. The zero-order valence-corrected chi connectivity index (χ0v) is 12.1. The van der Waals surface area contributed by atoms with Crippen molar-refractivity contribution in [2.24, 2.45) is 5.73 Å². The van der Waals surface area contributed by atoms with Crippen LogP contribution in [0, 0.1) is 6.92 Å². The number of amides is 1. The van der Waals surface area contributed by atoms with E-state index in [1.54, 1.807) is 6.92 Å². The van der Waals surface area contributed by atoms with Gasteiger partial charge in [-0.3, -0.25) is 4.79 Å². The lowest BCUT2D eigenvalue weighted by molar-refractivity contribution is -0.132. The normalized spacial score (nSPS) is 17.3. The van der Waals surface area contributed by atoms with Crippen LogP contribution >= 0.6 is 23.9 Å². The second-order valence-electron chi connectivity index (χ2n) is 4.23. The van der Waals surface area contributed by atoms with Crippen molar-refractivity contribution in [2.75, 3.05) is 31.1 Å². The fourth-order valence-corrected chi connectivity index (χ4v) is 2.55. The van der Waals surface area contributed by atoms with E-state index in [4.69, 9.17) is 5.73 Å². The van der Waals surface area contributed by atoms with E-state index in [9.17, 15) is 4.79 Å². The highest BCUT2D eigenvalue weighted by atomic mass is 35.5. The van der Waals surface area contributed by atoms with Crippen LogP contribution in [0.1, 0.15) is 12.7 Å². The van der Waals surface area contributed by atoms with Gasteiger partial charge in [-0.25, -0.2) is 4.98 Å². The van der Waals surface area contributed by atoms with E-state index in [-0.39, 0.29) is 18.3 Å². The van der Waals surface area contributed by atoms with Crippen molar-refractivity contribution >= 4 is 35.0 Å². The first kappa shape index (κ1) is 15.1. The van der Waals surface area contributed by atoms with Gasteiger partial charge in [-0.2, -0.15) is 4.37 Å². The molecule has 0 spiro atoms. The first-order chi connectivity index (χ1) is 8.08.